The van der Waals surface area contributed by atoms with Crippen LogP contribution >= 0.6 is 0 Å². The lowest BCUT2D eigenvalue weighted by Crippen LogP contribution is -2.36. The summed E-state index contributed by atoms with van der Waals surface area (Å²) >= 11 is 0. The average molecular weight is 305 g/mol. The fourth-order valence-corrected chi connectivity index (χ4v) is 3.04. The molecule has 0 radical (unpaired) electrons. The van der Waals surface area contributed by atoms with Gasteiger partial charge in [-0.3, -0.25) is 0 Å². The van der Waals surface area contributed by atoms with E-state index in [1.807, 2.05) is 0 Å². The lowest BCUT2D eigenvalue weighted by atomic mass is 10.0. The summed E-state index contributed by atoms with van der Waals surface area (Å²) < 4.78 is 4.77. The van der Waals surface area contributed by atoms with Gasteiger partial charge in [0.15, 0.2) is 11.4 Å². The van der Waals surface area contributed by atoms with Gasteiger partial charge in [-0.15, -0.1) is 0 Å². The second kappa shape index (κ2) is 6.41. The predicted molar refractivity (Wildman–Crippen MR) is 96.3 cm³/mol. The first-order chi connectivity index (χ1) is 11.1. The Labute approximate surface area is 139 Å². The molecule has 0 fully saturated rings. The third-order valence-corrected chi connectivity index (χ3v) is 4.20. The molecule has 0 unspecified atom stereocenters. The van der Waals surface area contributed by atoms with Gasteiger partial charge in [0.25, 0.3) is 0 Å². The van der Waals surface area contributed by atoms with Crippen molar-refractivity contribution in [2.75, 3.05) is 0 Å². The Bertz CT molecular complexity index is 702. The van der Waals surface area contributed by atoms with E-state index in [0.717, 1.165) is 0 Å². The van der Waals surface area contributed by atoms with Crippen LogP contribution in [-0.4, -0.2) is 4.57 Å². The van der Waals surface area contributed by atoms with Gasteiger partial charge in [-0.1, -0.05) is 60.7 Å². The highest BCUT2D eigenvalue weighted by atomic mass is 15.2. The number of benzene rings is 2. The molecule has 0 amide bonds. The van der Waals surface area contributed by atoms with E-state index in [4.69, 9.17) is 0 Å². The number of imidazole rings is 1. The van der Waals surface area contributed by atoms with Crippen LogP contribution in [0.2, 0.25) is 0 Å². The Morgan fingerprint density at radius 3 is 1.74 bits per heavy atom. The lowest BCUT2D eigenvalue weighted by molar-refractivity contribution is -0.705. The molecule has 2 heteroatoms. The molecule has 0 N–H and O–H groups in total. The molecule has 0 aliphatic heterocycles. The molecular formula is C21H25N2+. The predicted octanol–water partition coefficient (Wildman–Crippen LogP) is 5.27. The summed E-state index contributed by atoms with van der Waals surface area (Å²) in [6, 6.07) is 22.2. The van der Waals surface area contributed by atoms with Crippen LogP contribution < -0.4 is 4.57 Å². The number of hydrogen-bond donors (Lipinski definition) is 0. The van der Waals surface area contributed by atoms with Gasteiger partial charge in [0.2, 0.25) is 6.33 Å². The molecule has 1 heterocycles. The first-order valence-corrected chi connectivity index (χ1v) is 8.36. The van der Waals surface area contributed by atoms with E-state index in [0.29, 0.717) is 12.1 Å². The maximum atomic E-state index is 2.39. The van der Waals surface area contributed by atoms with Crippen LogP contribution in [0.15, 0.2) is 67.0 Å². The standard InChI is InChI=1S/C21H25N2/c1-16(2)22-15-23(17(3)4)21(19-13-9-6-10-14-19)20(22)18-11-7-5-8-12-18/h5-17H,1-4H3/q+1. The van der Waals surface area contributed by atoms with Crippen molar-refractivity contribution in [2.45, 2.75) is 39.8 Å². The molecular weight excluding hydrogens is 280 g/mol. The molecule has 3 rings (SSSR count). The van der Waals surface area contributed by atoms with Gasteiger partial charge in [-0.2, -0.15) is 0 Å². The summed E-state index contributed by atoms with van der Waals surface area (Å²) in [4.78, 5) is 0. The van der Waals surface area contributed by atoms with E-state index in [1.54, 1.807) is 0 Å². The average Bonchev–Trinajstić information content (AvgIpc) is 2.97. The first-order valence-electron chi connectivity index (χ1n) is 8.36. The minimum Gasteiger partial charge on any atom is -0.227 e. The molecule has 23 heavy (non-hydrogen) atoms. The van der Waals surface area contributed by atoms with Crippen LogP contribution in [0.4, 0.5) is 0 Å². The normalized spacial score (nSPS) is 11.4. The fourth-order valence-electron chi connectivity index (χ4n) is 3.04. The lowest BCUT2D eigenvalue weighted by Gasteiger charge is -2.08. The summed E-state index contributed by atoms with van der Waals surface area (Å²) in [7, 11) is 0. The maximum Gasteiger partial charge on any atom is 0.245 e. The van der Waals surface area contributed by atoms with Crippen LogP contribution in [0.5, 0.6) is 0 Å². The molecule has 2 nitrogen and oxygen atoms in total. The van der Waals surface area contributed by atoms with Gasteiger partial charge in [0.05, 0.1) is 12.1 Å². The van der Waals surface area contributed by atoms with Crippen molar-refractivity contribution in [1.29, 1.82) is 0 Å². The van der Waals surface area contributed by atoms with E-state index in [-0.39, 0.29) is 0 Å². The molecule has 0 saturated carbocycles. The largest absolute Gasteiger partial charge is 0.245 e. The number of hydrogen-bond acceptors (Lipinski definition) is 0. The van der Waals surface area contributed by atoms with Crippen molar-refractivity contribution in [1.82, 2.24) is 4.57 Å². The first kappa shape index (κ1) is 15.5. The maximum absolute atomic E-state index is 2.39. The van der Waals surface area contributed by atoms with Crippen molar-refractivity contribution in [3.63, 3.8) is 0 Å². The van der Waals surface area contributed by atoms with Crippen LogP contribution in [-0.2, 0) is 0 Å². The third-order valence-electron chi connectivity index (χ3n) is 4.20. The van der Waals surface area contributed by atoms with Crippen molar-refractivity contribution in [2.24, 2.45) is 0 Å². The highest BCUT2D eigenvalue weighted by Crippen LogP contribution is 2.32. The quantitative estimate of drug-likeness (QED) is 0.580. The van der Waals surface area contributed by atoms with E-state index >= 15 is 0 Å². The summed E-state index contributed by atoms with van der Waals surface area (Å²) in [5.74, 6) is 0. The van der Waals surface area contributed by atoms with Crippen LogP contribution in [0.3, 0.4) is 0 Å². The topological polar surface area (TPSA) is 8.81 Å². The minimum atomic E-state index is 0.410. The zero-order chi connectivity index (χ0) is 16.4. The SMILES string of the molecule is CC(C)n1c[n+](C(C)C)c(-c2ccccc2)c1-c1ccccc1. The van der Waals surface area contributed by atoms with Crippen molar-refractivity contribution >= 4 is 0 Å². The Morgan fingerprint density at radius 1 is 0.739 bits per heavy atom. The van der Waals surface area contributed by atoms with E-state index in [2.05, 4.69) is 104 Å². The zero-order valence-corrected chi connectivity index (χ0v) is 14.4. The number of rotatable bonds is 4. The highest BCUT2D eigenvalue weighted by molar-refractivity contribution is 5.76. The number of aromatic nitrogens is 2. The van der Waals surface area contributed by atoms with Gasteiger partial charge in [-0.25, -0.2) is 9.13 Å². The van der Waals surface area contributed by atoms with Crippen LogP contribution in [0.1, 0.15) is 39.8 Å². The van der Waals surface area contributed by atoms with Crippen molar-refractivity contribution < 1.29 is 4.57 Å². The van der Waals surface area contributed by atoms with Crippen molar-refractivity contribution in [3.05, 3.63) is 67.0 Å². The van der Waals surface area contributed by atoms with Gasteiger partial charge in [0, 0.05) is 11.1 Å². The Kier molecular flexibility index (Phi) is 4.33. The smallest absolute Gasteiger partial charge is 0.227 e. The van der Waals surface area contributed by atoms with E-state index in [9.17, 15) is 0 Å². The monoisotopic (exact) mass is 305 g/mol. The molecule has 0 aliphatic rings. The van der Waals surface area contributed by atoms with Gasteiger partial charge < -0.3 is 0 Å². The summed E-state index contributed by atoms with van der Waals surface area (Å²) in [6.07, 6.45) is 2.26. The van der Waals surface area contributed by atoms with Crippen LogP contribution in [0.25, 0.3) is 22.5 Å². The van der Waals surface area contributed by atoms with Crippen LogP contribution in [0, 0.1) is 0 Å². The molecule has 0 bridgehead atoms. The number of nitrogens with zero attached hydrogens (tertiary/aromatic N) is 2. The minimum absolute atomic E-state index is 0.410. The molecule has 2 aromatic carbocycles. The highest BCUT2D eigenvalue weighted by Gasteiger charge is 2.28. The second-order valence-corrected chi connectivity index (χ2v) is 6.55. The fraction of sp³-hybridized carbons (Fsp3) is 0.286. The third kappa shape index (κ3) is 2.94. The Morgan fingerprint density at radius 2 is 1.26 bits per heavy atom. The molecule has 3 aromatic rings. The van der Waals surface area contributed by atoms with E-state index < -0.39 is 0 Å². The van der Waals surface area contributed by atoms with Crippen molar-refractivity contribution in [3.8, 4) is 22.5 Å². The zero-order valence-electron chi connectivity index (χ0n) is 14.4. The molecule has 1 aromatic heterocycles. The summed E-state index contributed by atoms with van der Waals surface area (Å²) in [5.41, 5.74) is 5.11. The van der Waals surface area contributed by atoms with E-state index in [1.165, 1.54) is 22.5 Å². The molecule has 118 valence electrons. The van der Waals surface area contributed by atoms with Gasteiger partial charge >= 0.3 is 0 Å². The summed E-state index contributed by atoms with van der Waals surface area (Å²) in [6.45, 7) is 8.97. The van der Waals surface area contributed by atoms with Gasteiger partial charge in [-0.05, 0) is 27.7 Å². The Balaban J connectivity index is 2.35. The molecule has 0 atom stereocenters. The molecule has 0 spiro atoms. The summed E-state index contributed by atoms with van der Waals surface area (Å²) in [5, 5.41) is 0. The second-order valence-electron chi connectivity index (χ2n) is 6.55. The molecule has 0 saturated heterocycles. The van der Waals surface area contributed by atoms with Gasteiger partial charge in [0.1, 0.15) is 0 Å². The Hall–Kier alpha value is -2.35. The molecule has 0 aliphatic carbocycles.